The number of aryl methyl sites for hydroxylation is 3. The predicted octanol–water partition coefficient (Wildman–Crippen LogP) is 5.76. The number of hydrogen-bond donors (Lipinski definition) is 1. The lowest BCUT2D eigenvalue weighted by molar-refractivity contribution is 0.0959. The van der Waals surface area contributed by atoms with Crippen molar-refractivity contribution in [2.24, 2.45) is 21.1 Å². The quantitative estimate of drug-likeness (QED) is 0.273. The van der Waals surface area contributed by atoms with E-state index in [-0.39, 0.29) is 11.3 Å². The molecule has 0 aliphatic rings. The van der Waals surface area contributed by atoms with Gasteiger partial charge in [0, 0.05) is 51.2 Å². The number of carbonyl (C=O) groups is 1. The van der Waals surface area contributed by atoms with E-state index in [9.17, 15) is 14.0 Å². The van der Waals surface area contributed by atoms with Crippen LogP contribution in [0.2, 0.25) is 0 Å². The molecule has 0 unspecified atom stereocenters. The van der Waals surface area contributed by atoms with E-state index in [2.05, 4.69) is 34.0 Å². The van der Waals surface area contributed by atoms with Crippen LogP contribution in [0.5, 0.6) is 0 Å². The Kier molecular flexibility index (Phi) is 6.50. The summed E-state index contributed by atoms with van der Waals surface area (Å²) in [5.74, 6) is -0.343. The second kappa shape index (κ2) is 10.4. The zero-order valence-corrected chi connectivity index (χ0v) is 25.5. The molecule has 3 heterocycles. The molecule has 4 aromatic carbocycles. The van der Waals surface area contributed by atoms with E-state index in [0.29, 0.717) is 11.1 Å². The van der Waals surface area contributed by atoms with Crippen molar-refractivity contribution in [1.82, 2.24) is 33.8 Å². The summed E-state index contributed by atoms with van der Waals surface area (Å²) in [5, 5.41) is 6.83. The fourth-order valence-corrected chi connectivity index (χ4v) is 6.10. The van der Waals surface area contributed by atoms with Gasteiger partial charge in [-0.3, -0.25) is 23.2 Å². The standard InChI is InChI=1S/C35H30FN7O2/c1-20-25(23-18-38-40(3)19-23)7-6-8-26(20)33-39-29-16-22(21-9-12-27(28(36)15-21)34(44)37-2)10-13-30(29)43(33)24-11-14-31-32(17-24)42(5)35(45)41(31)4/h6-19H,1-5H3,(H,37,44). The molecule has 7 rings (SSSR count). The number of benzene rings is 4. The summed E-state index contributed by atoms with van der Waals surface area (Å²) in [6, 6.07) is 22.5. The van der Waals surface area contributed by atoms with Crippen LogP contribution in [0.25, 0.3) is 61.4 Å². The lowest BCUT2D eigenvalue weighted by atomic mass is 9.98. The minimum atomic E-state index is -0.595. The molecule has 0 bridgehead atoms. The summed E-state index contributed by atoms with van der Waals surface area (Å²) < 4.78 is 22.1. The molecular weight excluding hydrogens is 569 g/mol. The first kappa shape index (κ1) is 28.0. The normalized spacial score (nSPS) is 11.5. The Labute approximate surface area is 257 Å². The van der Waals surface area contributed by atoms with Crippen molar-refractivity contribution in [2.45, 2.75) is 6.92 Å². The lowest BCUT2D eigenvalue weighted by Crippen LogP contribution is -2.19. The van der Waals surface area contributed by atoms with Crippen LogP contribution in [-0.4, -0.2) is 41.4 Å². The van der Waals surface area contributed by atoms with E-state index in [1.165, 1.54) is 19.2 Å². The van der Waals surface area contributed by atoms with Crippen molar-refractivity contribution >= 4 is 28.0 Å². The molecule has 0 aliphatic carbocycles. The minimum absolute atomic E-state index is 0.0106. The van der Waals surface area contributed by atoms with E-state index in [1.54, 1.807) is 34.0 Å². The molecule has 45 heavy (non-hydrogen) atoms. The molecule has 10 heteroatoms. The number of imidazole rings is 2. The van der Waals surface area contributed by atoms with E-state index in [0.717, 1.165) is 55.9 Å². The maximum Gasteiger partial charge on any atom is 0.328 e. The highest BCUT2D eigenvalue weighted by Gasteiger charge is 2.20. The van der Waals surface area contributed by atoms with Gasteiger partial charge in [-0.05, 0) is 71.6 Å². The fraction of sp³-hybridized carbons (Fsp3) is 0.143. The van der Waals surface area contributed by atoms with Crippen molar-refractivity contribution in [2.75, 3.05) is 7.05 Å². The highest BCUT2D eigenvalue weighted by Crippen LogP contribution is 2.36. The van der Waals surface area contributed by atoms with Gasteiger partial charge >= 0.3 is 5.69 Å². The van der Waals surface area contributed by atoms with Gasteiger partial charge in [-0.2, -0.15) is 5.10 Å². The van der Waals surface area contributed by atoms with Crippen molar-refractivity contribution in [3.05, 3.63) is 113 Å². The minimum Gasteiger partial charge on any atom is -0.355 e. The van der Waals surface area contributed by atoms with E-state index >= 15 is 0 Å². The molecule has 0 saturated heterocycles. The highest BCUT2D eigenvalue weighted by molar-refractivity contribution is 5.95. The van der Waals surface area contributed by atoms with E-state index in [1.807, 2.05) is 61.9 Å². The molecule has 224 valence electrons. The highest BCUT2D eigenvalue weighted by atomic mass is 19.1. The third-order valence-corrected chi connectivity index (χ3v) is 8.53. The molecule has 0 radical (unpaired) electrons. The number of hydrogen-bond acceptors (Lipinski definition) is 4. The van der Waals surface area contributed by atoms with Crippen LogP contribution in [0.3, 0.4) is 0 Å². The summed E-state index contributed by atoms with van der Waals surface area (Å²) in [7, 11) is 6.90. The largest absolute Gasteiger partial charge is 0.355 e. The number of nitrogens with one attached hydrogen (secondary N) is 1. The summed E-state index contributed by atoms with van der Waals surface area (Å²) in [6.07, 6.45) is 3.83. The number of aromatic nitrogens is 6. The van der Waals surface area contributed by atoms with Crippen LogP contribution in [0.1, 0.15) is 15.9 Å². The first-order valence-corrected chi connectivity index (χ1v) is 14.5. The molecule has 0 saturated carbocycles. The van der Waals surface area contributed by atoms with Crippen LogP contribution in [-0.2, 0) is 21.1 Å². The van der Waals surface area contributed by atoms with Gasteiger partial charge < -0.3 is 5.32 Å². The topological polar surface area (TPSA) is 91.7 Å². The van der Waals surface area contributed by atoms with Crippen molar-refractivity contribution in [1.29, 1.82) is 0 Å². The second-order valence-corrected chi connectivity index (χ2v) is 11.2. The van der Waals surface area contributed by atoms with Gasteiger partial charge in [-0.25, -0.2) is 14.2 Å². The Morgan fingerprint density at radius 2 is 1.53 bits per heavy atom. The predicted molar refractivity (Wildman–Crippen MR) is 174 cm³/mol. The van der Waals surface area contributed by atoms with E-state index in [4.69, 9.17) is 4.98 Å². The SMILES string of the molecule is CNC(=O)c1ccc(-c2ccc3c(c2)nc(-c2cccc(-c4cnn(C)c4)c2C)n3-c2ccc3c(c2)n(C)c(=O)n3C)cc1F. The third-order valence-electron chi connectivity index (χ3n) is 8.53. The molecule has 0 atom stereocenters. The molecule has 1 amide bonds. The van der Waals surface area contributed by atoms with Gasteiger partial charge in [0.05, 0.1) is 33.8 Å². The molecule has 0 fully saturated rings. The van der Waals surface area contributed by atoms with Crippen LogP contribution in [0.4, 0.5) is 4.39 Å². The van der Waals surface area contributed by atoms with Crippen molar-refractivity contribution in [3.8, 4) is 39.3 Å². The van der Waals surface area contributed by atoms with Crippen LogP contribution < -0.4 is 11.0 Å². The number of nitrogens with zero attached hydrogens (tertiary/aromatic N) is 6. The van der Waals surface area contributed by atoms with Crippen molar-refractivity contribution in [3.63, 3.8) is 0 Å². The van der Waals surface area contributed by atoms with Crippen LogP contribution in [0, 0.1) is 12.7 Å². The lowest BCUT2D eigenvalue weighted by Gasteiger charge is -2.14. The summed E-state index contributed by atoms with van der Waals surface area (Å²) in [5.41, 5.74) is 9.37. The Morgan fingerprint density at radius 3 is 2.27 bits per heavy atom. The van der Waals surface area contributed by atoms with Gasteiger partial charge in [-0.15, -0.1) is 0 Å². The zero-order chi connectivity index (χ0) is 31.6. The van der Waals surface area contributed by atoms with Crippen LogP contribution >= 0.6 is 0 Å². The second-order valence-electron chi connectivity index (χ2n) is 11.2. The maximum atomic E-state index is 14.9. The number of fused-ring (bicyclic) bond motifs is 2. The summed E-state index contributed by atoms with van der Waals surface area (Å²) in [6.45, 7) is 2.08. The molecule has 1 N–H and O–H groups in total. The maximum absolute atomic E-state index is 14.9. The van der Waals surface area contributed by atoms with Gasteiger partial charge in [-0.1, -0.05) is 30.3 Å². The molecule has 7 aromatic rings. The molecular formula is C35H30FN7O2. The van der Waals surface area contributed by atoms with Gasteiger partial charge in [0.1, 0.15) is 11.6 Å². The summed E-state index contributed by atoms with van der Waals surface area (Å²) >= 11 is 0. The zero-order valence-electron chi connectivity index (χ0n) is 25.5. The molecule has 0 spiro atoms. The summed E-state index contributed by atoms with van der Waals surface area (Å²) in [4.78, 5) is 29.9. The van der Waals surface area contributed by atoms with Crippen LogP contribution in [0.15, 0.2) is 90.0 Å². The number of amides is 1. The van der Waals surface area contributed by atoms with Gasteiger partial charge in [0.15, 0.2) is 0 Å². The first-order chi connectivity index (χ1) is 21.7. The molecule has 0 aliphatic heterocycles. The Morgan fingerprint density at radius 1 is 0.822 bits per heavy atom. The van der Waals surface area contributed by atoms with E-state index < -0.39 is 11.7 Å². The van der Waals surface area contributed by atoms with Gasteiger partial charge in [0.25, 0.3) is 5.91 Å². The monoisotopic (exact) mass is 599 g/mol. The fourth-order valence-electron chi connectivity index (χ4n) is 6.10. The Hall–Kier alpha value is -5.77. The van der Waals surface area contributed by atoms with Gasteiger partial charge in [0.2, 0.25) is 0 Å². The average Bonchev–Trinajstić information content (AvgIpc) is 3.71. The smallest absolute Gasteiger partial charge is 0.328 e. The third kappa shape index (κ3) is 4.45. The number of rotatable bonds is 5. The first-order valence-electron chi connectivity index (χ1n) is 14.5. The number of halogens is 1. The average molecular weight is 600 g/mol. The number of carbonyl (C=O) groups excluding carboxylic acids is 1. The Bertz CT molecular complexity index is 2370. The molecule has 9 nitrogen and oxygen atoms in total. The van der Waals surface area contributed by atoms with Crippen molar-refractivity contribution < 1.29 is 9.18 Å². The molecule has 3 aromatic heterocycles. The Balaban J connectivity index is 1.46.